The van der Waals surface area contributed by atoms with Gasteiger partial charge >= 0.3 is 0 Å². The lowest BCUT2D eigenvalue weighted by molar-refractivity contribution is 0.214. The van der Waals surface area contributed by atoms with Crippen LogP contribution in [0.3, 0.4) is 0 Å². The first-order valence-corrected chi connectivity index (χ1v) is 6.09. The first-order chi connectivity index (χ1) is 6.65. The van der Waals surface area contributed by atoms with Gasteiger partial charge in [-0.25, -0.2) is 0 Å². The van der Waals surface area contributed by atoms with Gasteiger partial charge in [-0.2, -0.15) is 0 Å². The van der Waals surface area contributed by atoms with Gasteiger partial charge in [0.25, 0.3) is 0 Å². The molecule has 14 heavy (non-hydrogen) atoms. The predicted molar refractivity (Wildman–Crippen MR) is 60.1 cm³/mol. The summed E-state index contributed by atoms with van der Waals surface area (Å²) in [4.78, 5) is 2.43. The summed E-state index contributed by atoms with van der Waals surface area (Å²) < 4.78 is 0. The Kier molecular flexibility index (Phi) is 3.13. The highest BCUT2D eigenvalue weighted by molar-refractivity contribution is 4.91. The van der Waals surface area contributed by atoms with Crippen molar-refractivity contribution in [2.75, 3.05) is 20.1 Å². The molecule has 82 valence electrons. The molecule has 0 aromatic carbocycles. The molecule has 2 rings (SSSR count). The zero-order valence-electron chi connectivity index (χ0n) is 9.58. The Hall–Kier alpha value is -0.0800. The van der Waals surface area contributed by atoms with E-state index in [0.29, 0.717) is 6.04 Å². The normalized spacial score (nSPS) is 38.1. The first-order valence-electron chi connectivity index (χ1n) is 6.09. The third-order valence-corrected chi connectivity index (χ3v) is 4.03. The Morgan fingerprint density at radius 2 is 2.14 bits per heavy atom. The number of hydrogen-bond acceptors (Lipinski definition) is 2. The van der Waals surface area contributed by atoms with Crippen molar-refractivity contribution >= 4 is 0 Å². The van der Waals surface area contributed by atoms with Crippen molar-refractivity contribution in [1.82, 2.24) is 4.90 Å². The number of hydrogen-bond donors (Lipinski definition) is 1. The van der Waals surface area contributed by atoms with E-state index in [2.05, 4.69) is 18.9 Å². The van der Waals surface area contributed by atoms with Gasteiger partial charge in [0.05, 0.1) is 0 Å². The van der Waals surface area contributed by atoms with E-state index < -0.39 is 0 Å². The molecular weight excluding hydrogens is 172 g/mol. The van der Waals surface area contributed by atoms with Crippen LogP contribution in [0.4, 0.5) is 0 Å². The SMILES string of the molecule is C[C@H](N)CN(C)CC1CC2CCC1C2. The van der Waals surface area contributed by atoms with Crippen molar-refractivity contribution in [3.05, 3.63) is 0 Å². The molecule has 2 N–H and O–H groups in total. The molecule has 2 saturated carbocycles. The van der Waals surface area contributed by atoms with Gasteiger partial charge < -0.3 is 10.6 Å². The molecule has 0 aliphatic heterocycles. The minimum Gasteiger partial charge on any atom is -0.327 e. The van der Waals surface area contributed by atoms with Gasteiger partial charge in [-0.05, 0) is 51.0 Å². The van der Waals surface area contributed by atoms with Crippen molar-refractivity contribution in [2.45, 2.75) is 38.6 Å². The zero-order chi connectivity index (χ0) is 10.1. The van der Waals surface area contributed by atoms with Crippen LogP contribution in [0.1, 0.15) is 32.6 Å². The van der Waals surface area contributed by atoms with Gasteiger partial charge in [0.15, 0.2) is 0 Å². The number of nitrogens with two attached hydrogens (primary N) is 1. The van der Waals surface area contributed by atoms with Crippen molar-refractivity contribution in [1.29, 1.82) is 0 Å². The van der Waals surface area contributed by atoms with Crippen LogP contribution in [-0.2, 0) is 0 Å². The summed E-state index contributed by atoms with van der Waals surface area (Å²) in [5, 5.41) is 0. The van der Waals surface area contributed by atoms with E-state index in [1.54, 1.807) is 0 Å². The minimum absolute atomic E-state index is 0.318. The summed E-state index contributed by atoms with van der Waals surface area (Å²) in [5.74, 6) is 3.11. The summed E-state index contributed by atoms with van der Waals surface area (Å²) >= 11 is 0. The van der Waals surface area contributed by atoms with E-state index in [1.165, 1.54) is 32.2 Å². The Morgan fingerprint density at radius 1 is 1.36 bits per heavy atom. The lowest BCUT2D eigenvalue weighted by atomic mass is 9.88. The maximum absolute atomic E-state index is 5.80. The Labute approximate surface area is 87.8 Å². The topological polar surface area (TPSA) is 29.3 Å². The molecular formula is C12H24N2. The van der Waals surface area contributed by atoms with Crippen LogP contribution in [0.25, 0.3) is 0 Å². The van der Waals surface area contributed by atoms with Gasteiger partial charge in [0, 0.05) is 19.1 Å². The van der Waals surface area contributed by atoms with Crippen LogP contribution in [0, 0.1) is 17.8 Å². The fourth-order valence-electron chi connectivity index (χ4n) is 3.57. The third kappa shape index (κ3) is 2.29. The number of rotatable bonds is 4. The number of nitrogens with zero attached hydrogens (tertiary/aromatic N) is 1. The van der Waals surface area contributed by atoms with Gasteiger partial charge in [-0.1, -0.05) is 6.42 Å². The lowest BCUT2D eigenvalue weighted by Crippen LogP contribution is -2.36. The van der Waals surface area contributed by atoms with Crippen molar-refractivity contribution < 1.29 is 0 Å². The minimum atomic E-state index is 0.318. The molecule has 3 unspecified atom stereocenters. The third-order valence-electron chi connectivity index (χ3n) is 4.03. The number of likely N-dealkylation sites (N-methyl/N-ethyl adjacent to an activating group) is 1. The van der Waals surface area contributed by atoms with Crippen molar-refractivity contribution in [3.63, 3.8) is 0 Å². The second kappa shape index (κ2) is 4.19. The second-order valence-corrected chi connectivity index (χ2v) is 5.63. The van der Waals surface area contributed by atoms with Crippen LogP contribution in [0.2, 0.25) is 0 Å². The standard InChI is InChI=1S/C12H24N2/c1-9(13)7-14(2)8-12-6-10-3-4-11(12)5-10/h9-12H,3-8,13H2,1-2H3/t9-,10?,11?,12?/m0/s1. The van der Waals surface area contributed by atoms with Gasteiger partial charge in [0.1, 0.15) is 0 Å². The van der Waals surface area contributed by atoms with E-state index in [0.717, 1.165) is 24.3 Å². The van der Waals surface area contributed by atoms with Gasteiger partial charge in [-0.3, -0.25) is 0 Å². The van der Waals surface area contributed by atoms with Crippen LogP contribution >= 0.6 is 0 Å². The molecule has 2 fully saturated rings. The molecule has 2 aliphatic rings. The highest BCUT2D eigenvalue weighted by Gasteiger charge is 2.39. The molecule has 0 aromatic heterocycles. The van der Waals surface area contributed by atoms with E-state index in [-0.39, 0.29) is 0 Å². The molecule has 0 amide bonds. The zero-order valence-corrected chi connectivity index (χ0v) is 9.58. The molecule has 0 saturated heterocycles. The molecule has 0 radical (unpaired) electrons. The lowest BCUT2D eigenvalue weighted by Gasteiger charge is -2.28. The highest BCUT2D eigenvalue weighted by Crippen LogP contribution is 2.48. The van der Waals surface area contributed by atoms with E-state index in [9.17, 15) is 0 Å². The molecule has 0 heterocycles. The quantitative estimate of drug-likeness (QED) is 0.741. The fourth-order valence-corrected chi connectivity index (χ4v) is 3.57. The summed E-state index contributed by atoms with van der Waals surface area (Å²) in [7, 11) is 2.22. The van der Waals surface area contributed by atoms with E-state index >= 15 is 0 Å². The van der Waals surface area contributed by atoms with Crippen molar-refractivity contribution in [3.8, 4) is 0 Å². The molecule has 2 bridgehead atoms. The van der Waals surface area contributed by atoms with Gasteiger partial charge in [0.2, 0.25) is 0 Å². The molecule has 0 spiro atoms. The van der Waals surface area contributed by atoms with E-state index in [4.69, 9.17) is 5.73 Å². The summed E-state index contributed by atoms with van der Waals surface area (Å²) in [5.41, 5.74) is 5.80. The maximum atomic E-state index is 5.80. The average Bonchev–Trinajstić information content (AvgIpc) is 2.62. The Bertz CT molecular complexity index is 191. The van der Waals surface area contributed by atoms with Crippen LogP contribution in [0.15, 0.2) is 0 Å². The van der Waals surface area contributed by atoms with E-state index in [1.807, 2.05) is 0 Å². The maximum Gasteiger partial charge on any atom is 0.0139 e. The van der Waals surface area contributed by atoms with Gasteiger partial charge in [-0.15, -0.1) is 0 Å². The molecule has 4 atom stereocenters. The Balaban J connectivity index is 1.75. The molecule has 2 nitrogen and oxygen atoms in total. The first kappa shape index (κ1) is 10.4. The summed E-state index contributed by atoms with van der Waals surface area (Å²) in [6, 6.07) is 0.318. The monoisotopic (exact) mass is 196 g/mol. The largest absolute Gasteiger partial charge is 0.327 e. The fraction of sp³-hybridized carbons (Fsp3) is 1.00. The average molecular weight is 196 g/mol. The Morgan fingerprint density at radius 3 is 2.64 bits per heavy atom. The number of fused-ring (bicyclic) bond motifs is 2. The smallest absolute Gasteiger partial charge is 0.0139 e. The van der Waals surface area contributed by atoms with Crippen LogP contribution in [-0.4, -0.2) is 31.1 Å². The molecule has 0 aromatic rings. The predicted octanol–water partition coefficient (Wildman–Crippen LogP) is 1.70. The summed E-state index contributed by atoms with van der Waals surface area (Å²) in [6.07, 6.45) is 6.03. The van der Waals surface area contributed by atoms with Crippen molar-refractivity contribution in [2.24, 2.45) is 23.5 Å². The van der Waals surface area contributed by atoms with Crippen LogP contribution < -0.4 is 5.73 Å². The molecule has 2 heteroatoms. The second-order valence-electron chi connectivity index (χ2n) is 5.63. The molecule has 2 aliphatic carbocycles. The summed E-state index contributed by atoms with van der Waals surface area (Å²) in [6.45, 7) is 4.42. The van der Waals surface area contributed by atoms with Crippen LogP contribution in [0.5, 0.6) is 0 Å². The highest BCUT2D eigenvalue weighted by atomic mass is 15.1.